The third-order valence-electron chi connectivity index (χ3n) is 6.62. The molecule has 5 nitrogen and oxygen atoms in total. The molecular formula is C24H27N3O2. The molecule has 2 aliphatic rings. The van der Waals surface area contributed by atoms with E-state index in [1.54, 1.807) is 0 Å². The van der Waals surface area contributed by atoms with Crippen LogP contribution in [-0.4, -0.2) is 34.5 Å². The number of hydrogen-bond donors (Lipinski definition) is 2. The van der Waals surface area contributed by atoms with Gasteiger partial charge in [0.05, 0.1) is 6.42 Å². The Bertz CT molecular complexity index is 1060. The molecule has 150 valence electrons. The highest BCUT2D eigenvalue weighted by molar-refractivity contribution is 5.90. The molecule has 5 heteroatoms. The molecule has 5 rings (SSSR count). The first-order valence-electron chi connectivity index (χ1n) is 10.4. The van der Waals surface area contributed by atoms with Gasteiger partial charge in [-0.1, -0.05) is 36.4 Å². The largest absolute Gasteiger partial charge is 0.487 e. The van der Waals surface area contributed by atoms with Crippen LogP contribution < -0.4 is 10.5 Å². The number of fused-ring (bicyclic) bond motifs is 2. The van der Waals surface area contributed by atoms with Gasteiger partial charge in [-0.25, -0.2) is 0 Å². The van der Waals surface area contributed by atoms with E-state index in [0.717, 1.165) is 60.1 Å². The summed E-state index contributed by atoms with van der Waals surface area (Å²) in [5.41, 5.74) is 10.7. The summed E-state index contributed by atoms with van der Waals surface area (Å²) in [6.45, 7) is 3.52. The summed E-state index contributed by atoms with van der Waals surface area (Å²) < 4.78 is 6.41. The van der Waals surface area contributed by atoms with Gasteiger partial charge in [-0.15, -0.1) is 0 Å². The van der Waals surface area contributed by atoms with E-state index in [4.69, 9.17) is 10.5 Å². The molecule has 0 saturated carbocycles. The number of nitrogens with two attached hydrogens (primary N) is 1. The summed E-state index contributed by atoms with van der Waals surface area (Å²) in [6, 6.07) is 14.3. The average molecular weight is 389 g/mol. The van der Waals surface area contributed by atoms with E-state index in [-0.39, 0.29) is 17.6 Å². The molecule has 1 saturated heterocycles. The maximum Gasteiger partial charge on any atom is 0.227 e. The van der Waals surface area contributed by atoms with Crippen molar-refractivity contribution in [1.82, 2.24) is 9.88 Å². The van der Waals surface area contributed by atoms with Crippen molar-refractivity contribution in [3.63, 3.8) is 0 Å². The lowest BCUT2D eigenvalue weighted by Crippen LogP contribution is -2.52. The monoisotopic (exact) mass is 389 g/mol. The number of piperidine rings is 1. The molecule has 3 N–H and O–H groups in total. The average Bonchev–Trinajstić information content (AvgIpc) is 3.13. The van der Waals surface area contributed by atoms with Crippen LogP contribution in [-0.2, 0) is 11.2 Å². The molecule has 3 heterocycles. The zero-order chi connectivity index (χ0) is 20.0. The molecule has 1 aromatic heterocycles. The fraction of sp³-hybridized carbons (Fsp3) is 0.375. The minimum absolute atomic E-state index is 0.00309. The molecular weight excluding hydrogens is 362 g/mol. The van der Waals surface area contributed by atoms with Crippen LogP contribution in [0.1, 0.15) is 42.0 Å². The van der Waals surface area contributed by atoms with E-state index in [9.17, 15) is 4.79 Å². The van der Waals surface area contributed by atoms with E-state index in [1.807, 2.05) is 35.4 Å². The maximum absolute atomic E-state index is 13.0. The molecule has 2 aromatic carbocycles. The Kier molecular flexibility index (Phi) is 4.36. The van der Waals surface area contributed by atoms with E-state index >= 15 is 0 Å². The van der Waals surface area contributed by atoms with E-state index < -0.39 is 0 Å². The van der Waals surface area contributed by atoms with Crippen LogP contribution in [0.25, 0.3) is 10.9 Å². The van der Waals surface area contributed by atoms with Gasteiger partial charge < -0.3 is 20.4 Å². The number of carbonyl (C=O) groups excluding carboxylic acids is 1. The highest BCUT2D eigenvalue weighted by Crippen LogP contribution is 2.43. The van der Waals surface area contributed by atoms with Crippen molar-refractivity contribution in [3.8, 4) is 5.75 Å². The van der Waals surface area contributed by atoms with Crippen molar-refractivity contribution >= 4 is 16.8 Å². The number of nitrogens with one attached hydrogen (secondary N) is 1. The predicted octanol–water partition coefficient (Wildman–Crippen LogP) is 3.86. The number of rotatable bonds is 2. The third kappa shape index (κ3) is 3.19. The molecule has 1 amide bonds. The van der Waals surface area contributed by atoms with Crippen LogP contribution in [0.15, 0.2) is 48.7 Å². The minimum Gasteiger partial charge on any atom is -0.487 e. The lowest BCUT2D eigenvalue weighted by Gasteiger charge is -2.46. The number of para-hydroxylation sites is 2. The third-order valence-corrected chi connectivity index (χ3v) is 6.62. The fourth-order valence-corrected chi connectivity index (χ4v) is 4.92. The molecule has 1 unspecified atom stereocenters. The number of amides is 1. The molecule has 0 radical (unpaired) electrons. The van der Waals surface area contributed by atoms with Crippen molar-refractivity contribution in [3.05, 3.63) is 65.4 Å². The van der Waals surface area contributed by atoms with Gasteiger partial charge in [0.1, 0.15) is 11.4 Å². The zero-order valence-corrected chi connectivity index (χ0v) is 16.8. The number of aromatic amines is 1. The van der Waals surface area contributed by atoms with Crippen LogP contribution in [0, 0.1) is 6.92 Å². The Morgan fingerprint density at radius 2 is 2.00 bits per heavy atom. The summed E-state index contributed by atoms with van der Waals surface area (Å²) >= 11 is 0. The van der Waals surface area contributed by atoms with Crippen molar-refractivity contribution in [1.29, 1.82) is 0 Å². The van der Waals surface area contributed by atoms with Crippen molar-refractivity contribution in [2.45, 2.75) is 44.2 Å². The predicted molar refractivity (Wildman–Crippen MR) is 114 cm³/mol. The highest BCUT2D eigenvalue weighted by atomic mass is 16.5. The van der Waals surface area contributed by atoms with Gasteiger partial charge in [0.25, 0.3) is 0 Å². The first-order chi connectivity index (χ1) is 14.0. The second kappa shape index (κ2) is 6.92. The molecule has 29 heavy (non-hydrogen) atoms. The smallest absolute Gasteiger partial charge is 0.227 e. The number of aromatic nitrogens is 1. The zero-order valence-electron chi connectivity index (χ0n) is 16.8. The van der Waals surface area contributed by atoms with Crippen molar-refractivity contribution in [2.24, 2.45) is 5.73 Å². The lowest BCUT2D eigenvalue weighted by molar-refractivity contribution is -0.134. The van der Waals surface area contributed by atoms with Gasteiger partial charge in [0, 0.05) is 61.1 Å². The van der Waals surface area contributed by atoms with Crippen LogP contribution in [0.3, 0.4) is 0 Å². The summed E-state index contributed by atoms with van der Waals surface area (Å²) in [6.07, 6.45) is 4.87. The van der Waals surface area contributed by atoms with E-state index in [0.29, 0.717) is 6.42 Å². The first kappa shape index (κ1) is 18.3. The number of aryl methyl sites for hydroxylation is 1. The van der Waals surface area contributed by atoms with Gasteiger partial charge >= 0.3 is 0 Å². The quantitative estimate of drug-likeness (QED) is 0.699. The Hall–Kier alpha value is -2.79. The van der Waals surface area contributed by atoms with Crippen molar-refractivity contribution in [2.75, 3.05) is 13.1 Å². The number of nitrogens with zero attached hydrogens (tertiary/aromatic N) is 1. The number of likely N-dealkylation sites (tertiary alicyclic amines) is 1. The number of ether oxygens (including phenoxy) is 1. The molecule has 2 aliphatic heterocycles. The highest BCUT2D eigenvalue weighted by Gasteiger charge is 2.42. The van der Waals surface area contributed by atoms with E-state index in [1.165, 1.54) is 5.56 Å². The summed E-state index contributed by atoms with van der Waals surface area (Å²) in [7, 11) is 0. The summed E-state index contributed by atoms with van der Waals surface area (Å²) in [5.74, 6) is 1.09. The normalized spacial score (nSPS) is 20.5. The van der Waals surface area contributed by atoms with Gasteiger partial charge in [-0.05, 0) is 24.1 Å². The molecule has 1 fully saturated rings. The van der Waals surface area contributed by atoms with Crippen LogP contribution in [0.4, 0.5) is 0 Å². The number of hydrogen-bond acceptors (Lipinski definition) is 3. The standard InChI is InChI=1S/C24H27N3O2/c1-16-5-4-7-18-17(15-26-23(16)18)13-22(28)27-11-9-24(10-12-27)14-20(25)19-6-2-3-8-21(19)29-24/h2-8,15,20,26H,9-14,25H2,1H3. The molecule has 1 atom stereocenters. The van der Waals surface area contributed by atoms with Crippen LogP contribution in [0.5, 0.6) is 5.75 Å². The number of benzene rings is 2. The number of carbonyl (C=O) groups is 1. The van der Waals surface area contributed by atoms with Gasteiger partial charge in [0.15, 0.2) is 0 Å². The van der Waals surface area contributed by atoms with Gasteiger partial charge in [-0.3, -0.25) is 4.79 Å². The second-order valence-corrected chi connectivity index (χ2v) is 8.50. The molecule has 1 spiro atoms. The SMILES string of the molecule is Cc1cccc2c(CC(=O)N3CCC4(CC3)CC(N)c3ccccc3O4)c[nH]c12. The first-order valence-corrected chi connectivity index (χ1v) is 10.4. The molecule has 3 aromatic rings. The summed E-state index contributed by atoms with van der Waals surface area (Å²) in [4.78, 5) is 18.3. The Labute approximate surface area is 170 Å². The maximum atomic E-state index is 13.0. The van der Waals surface area contributed by atoms with Crippen LogP contribution in [0.2, 0.25) is 0 Å². The Morgan fingerprint density at radius 3 is 2.83 bits per heavy atom. The fourth-order valence-electron chi connectivity index (χ4n) is 4.92. The van der Waals surface area contributed by atoms with Gasteiger partial charge in [0.2, 0.25) is 5.91 Å². The second-order valence-electron chi connectivity index (χ2n) is 8.50. The van der Waals surface area contributed by atoms with Crippen molar-refractivity contribution < 1.29 is 9.53 Å². The van der Waals surface area contributed by atoms with E-state index in [2.05, 4.69) is 30.1 Å². The van der Waals surface area contributed by atoms with Crippen LogP contribution >= 0.6 is 0 Å². The molecule has 0 bridgehead atoms. The Balaban J connectivity index is 1.27. The summed E-state index contributed by atoms with van der Waals surface area (Å²) in [5, 5.41) is 1.14. The number of H-pyrrole nitrogens is 1. The van der Waals surface area contributed by atoms with Gasteiger partial charge in [-0.2, -0.15) is 0 Å². The lowest BCUT2D eigenvalue weighted by atomic mass is 9.81. The topological polar surface area (TPSA) is 71.3 Å². The molecule has 0 aliphatic carbocycles. The minimum atomic E-state index is -0.248. The Morgan fingerprint density at radius 1 is 1.21 bits per heavy atom.